The van der Waals surface area contributed by atoms with Crippen LogP contribution in [0.4, 0.5) is 0 Å². The Kier molecular flexibility index (Phi) is 5.81. The van der Waals surface area contributed by atoms with Gasteiger partial charge in [-0.3, -0.25) is 4.79 Å². The van der Waals surface area contributed by atoms with E-state index in [-0.39, 0.29) is 23.9 Å². The lowest BCUT2D eigenvalue weighted by molar-refractivity contribution is -0.200. The Morgan fingerprint density at radius 2 is 1.96 bits per heavy atom. The Morgan fingerprint density at radius 1 is 1.22 bits per heavy atom. The Labute approximate surface area is 167 Å². The predicted octanol–water partition coefficient (Wildman–Crippen LogP) is 2.77. The van der Waals surface area contributed by atoms with E-state index in [9.17, 15) is 4.79 Å². The molecule has 6 heteroatoms. The molecule has 4 rings (SSSR count). The zero-order valence-electron chi connectivity index (χ0n) is 15.9. The number of hydrogen-bond acceptors (Lipinski definition) is 4. The maximum Gasteiger partial charge on any atom is 0.254 e. The number of morpholine rings is 1. The summed E-state index contributed by atoms with van der Waals surface area (Å²) in [6, 6.07) is 10.1. The number of piperidine rings is 1. The smallest absolute Gasteiger partial charge is 0.254 e. The van der Waals surface area contributed by atoms with Crippen LogP contribution < -0.4 is 0 Å². The van der Waals surface area contributed by atoms with E-state index in [0.717, 1.165) is 70.4 Å². The second kappa shape index (κ2) is 7.79. The summed E-state index contributed by atoms with van der Waals surface area (Å²) in [5.74, 6) is 0.213. The summed E-state index contributed by atoms with van der Waals surface area (Å²) >= 11 is 0. The number of likely N-dealkylation sites (tertiary alicyclic amines) is 1. The molecule has 0 atom stereocenters. The first-order chi connectivity index (χ1) is 12.6. The van der Waals surface area contributed by atoms with Gasteiger partial charge >= 0.3 is 0 Å². The highest BCUT2D eigenvalue weighted by Crippen LogP contribution is 2.49. The van der Waals surface area contributed by atoms with Crippen molar-refractivity contribution >= 4 is 18.3 Å². The van der Waals surface area contributed by atoms with Gasteiger partial charge in [-0.2, -0.15) is 5.26 Å². The number of benzene rings is 1. The van der Waals surface area contributed by atoms with Crippen LogP contribution in [0.5, 0.6) is 0 Å². The first-order valence-electron chi connectivity index (χ1n) is 9.79. The van der Waals surface area contributed by atoms with Gasteiger partial charge in [-0.25, -0.2) is 0 Å². The molecular formula is C21H28ClN3O2. The highest BCUT2D eigenvalue weighted by atomic mass is 35.5. The molecule has 1 amide bonds. The van der Waals surface area contributed by atoms with E-state index in [0.29, 0.717) is 0 Å². The van der Waals surface area contributed by atoms with Crippen molar-refractivity contribution in [3.63, 3.8) is 0 Å². The number of carbonyl (C=O) groups excluding carboxylic acids is 1. The average molecular weight is 390 g/mol. The van der Waals surface area contributed by atoms with Crippen LogP contribution in [0.2, 0.25) is 0 Å². The van der Waals surface area contributed by atoms with E-state index < -0.39 is 5.60 Å². The van der Waals surface area contributed by atoms with Gasteiger partial charge in [-0.05, 0) is 56.7 Å². The van der Waals surface area contributed by atoms with Gasteiger partial charge in [0.1, 0.15) is 5.60 Å². The molecule has 0 unspecified atom stereocenters. The van der Waals surface area contributed by atoms with Crippen molar-refractivity contribution in [1.29, 1.82) is 5.26 Å². The second-order valence-corrected chi connectivity index (χ2v) is 8.00. The minimum Gasteiger partial charge on any atom is -0.357 e. The Morgan fingerprint density at radius 3 is 2.59 bits per heavy atom. The minimum atomic E-state index is -0.478. The molecule has 146 valence electrons. The van der Waals surface area contributed by atoms with Gasteiger partial charge in [0.25, 0.3) is 5.91 Å². The second-order valence-electron chi connectivity index (χ2n) is 8.00. The number of nitrogens with zero attached hydrogens (tertiary/aromatic N) is 3. The fourth-order valence-corrected chi connectivity index (χ4v) is 4.41. The molecule has 0 N–H and O–H groups in total. The highest BCUT2D eigenvalue weighted by molar-refractivity contribution is 5.89. The van der Waals surface area contributed by atoms with Crippen LogP contribution in [0.3, 0.4) is 0 Å². The van der Waals surface area contributed by atoms with Crippen LogP contribution in [-0.2, 0) is 16.0 Å². The van der Waals surface area contributed by atoms with Crippen molar-refractivity contribution < 1.29 is 9.53 Å². The van der Waals surface area contributed by atoms with Gasteiger partial charge < -0.3 is 14.5 Å². The molecule has 5 nitrogen and oxygen atoms in total. The summed E-state index contributed by atoms with van der Waals surface area (Å²) in [6.07, 6.45) is 4.74. The average Bonchev–Trinajstić information content (AvgIpc) is 3.44. The van der Waals surface area contributed by atoms with Gasteiger partial charge in [0.15, 0.2) is 0 Å². The third-order valence-corrected chi connectivity index (χ3v) is 6.19. The van der Waals surface area contributed by atoms with Crippen LogP contribution in [0.15, 0.2) is 24.3 Å². The zero-order valence-corrected chi connectivity index (χ0v) is 16.8. The third-order valence-electron chi connectivity index (χ3n) is 6.19. The number of nitriles is 1. The molecule has 3 aliphatic rings. The van der Waals surface area contributed by atoms with Gasteiger partial charge in [-0.15, -0.1) is 12.4 Å². The van der Waals surface area contributed by atoms with Crippen LogP contribution >= 0.6 is 12.4 Å². The maximum atomic E-state index is 12.5. The molecule has 0 aromatic heterocycles. The number of ether oxygens (including phenoxy) is 1. The van der Waals surface area contributed by atoms with E-state index in [1.54, 1.807) is 0 Å². The van der Waals surface area contributed by atoms with Crippen LogP contribution in [0, 0.1) is 11.3 Å². The van der Waals surface area contributed by atoms with E-state index >= 15 is 0 Å². The molecule has 2 aliphatic heterocycles. The number of rotatable bonds is 4. The molecule has 27 heavy (non-hydrogen) atoms. The lowest BCUT2D eigenvalue weighted by Gasteiger charge is -2.50. The van der Waals surface area contributed by atoms with Crippen molar-refractivity contribution in [2.75, 3.05) is 32.7 Å². The Balaban J connectivity index is 0.00000210. The van der Waals surface area contributed by atoms with Crippen LogP contribution in [0.25, 0.3) is 0 Å². The number of halogens is 1. The lowest BCUT2D eigenvalue weighted by Crippen LogP contribution is -2.62. The lowest BCUT2D eigenvalue weighted by atomic mass is 9.87. The first-order valence-corrected chi connectivity index (χ1v) is 9.79. The molecule has 1 aliphatic carbocycles. The fraction of sp³-hybridized carbons (Fsp3) is 0.619. The molecule has 1 aromatic rings. The molecule has 2 heterocycles. The number of amides is 1. The molecule has 0 bridgehead atoms. The predicted molar refractivity (Wildman–Crippen MR) is 106 cm³/mol. The Bertz CT molecular complexity index is 733. The Hall–Kier alpha value is -1.61. The topological polar surface area (TPSA) is 56.6 Å². The first kappa shape index (κ1) is 20.1. The molecule has 2 saturated heterocycles. The van der Waals surface area contributed by atoms with Gasteiger partial charge in [0, 0.05) is 32.7 Å². The zero-order chi connectivity index (χ0) is 18.2. The summed E-state index contributed by atoms with van der Waals surface area (Å²) in [5, 5.41) is 9.03. The largest absolute Gasteiger partial charge is 0.357 e. The molecule has 0 radical (unpaired) electrons. The van der Waals surface area contributed by atoms with E-state index in [1.165, 1.54) is 5.56 Å². The summed E-state index contributed by atoms with van der Waals surface area (Å²) in [6.45, 7) is 6.64. The van der Waals surface area contributed by atoms with Crippen molar-refractivity contribution in [2.45, 2.75) is 50.2 Å². The van der Waals surface area contributed by atoms with Crippen molar-refractivity contribution in [1.82, 2.24) is 9.80 Å². The molecule has 2 spiro atoms. The van der Waals surface area contributed by atoms with Crippen molar-refractivity contribution in [3.8, 4) is 6.07 Å². The van der Waals surface area contributed by atoms with E-state index in [4.69, 9.17) is 10.00 Å². The molecule has 1 saturated carbocycles. The van der Waals surface area contributed by atoms with Crippen molar-refractivity contribution in [2.24, 2.45) is 0 Å². The normalized spacial score (nSPS) is 23.1. The van der Waals surface area contributed by atoms with Gasteiger partial charge in [-0.1, -0.05) is 12.1 Å². The summed E-state index contributed by atoms with van der Waals surface area (Å²) < 4.78 is 6.45. The third kappa shape index (κ3) is 3.99. The SMILES string of the molecule is CCN1CC2(CCN(CCc3cccc(C#N)c3)CC2)OC2(CC2)C1=O.Cl. The summed E-state index contributed by atoms with van der Waals surface area (Å²) in [5.41, 5.74) is 1.33. The van der Waals surface area contributed by atoms with Crippen LogP contribution in [-0.4, -0.2) is 59.6 Å². The van der Waals surface area contributed by atoms with Crippen LogP contribution in [0.1, 0.15) is 43.7 Å². The van der Waals surface area contributed by atoms with Gasteiger partial charge in [0.2, 0.25) is 0 Å². The van der Waals surface area contributed by atoms with E-state index in [2.05, 4.69) is 24.0 Å². The van der Waals surface area contributed by atoms with E-state index in [1.807, 2.05) is 23.1 Å². The minimum absolute atomic E-state index is 0. The quantitative estimate of drug-likeness (QED) is 0.794. The maximum absolute atomic E-state index is 12.5. The van der Waals surface area contributed by atoms with Crippen molar-refractivity contribution in [3.05, 3.63) is 35.4 Å². The molecule has 1 aromatic carbocycles. The summed E-state index contributed by atoms with van der Waals surface area (Å²) in [4.78, 5) is 17.0. The van der Waals surface area contributed by atoms with Gasteiger partial charge in [0.05, 0.1) is 17.2 Å². The molecular weight excluding hydrogens is 362 g/mol. The highest BCUT2D eigenvalue weighted by Gasteiger charge is 2.61. The fourth-order valence-electron chi connectivity index (χ4n) is 4.41. The number of hydrogen-bond donors (Lipinski definition) is 0. The number of likely N-dealkylation sites (N-methyl/N-ethyl adjacent to an activating group) is 1. The number of carbonyl (C=O) groups is 1. The standard InChI is InChI=1S/C21H27N3O2.ClH/c1-2-24-16-20(26-21(7-8-21)19(24)25)9-12-23(13-10-20)11-6-17-4-3-5-18(14-17)15-22;/h3-5,14H,2,6-13,16H2,1H3;1H. The monoisotopic (exact) mass is 389 g/mol. The molecule has 3 fully saturated rings. The summed E-state index contributed by atoms with van der Waals surface area (Å²) in [7, 11) is 0.